The van der Waals surface area contributed by atoms with E-state index in [1.807, 2.05) is 6.92 Å². The van der Waals surface area contributed by atoms with Crippen LogP contribution in [-0.2, 0) is 14.3 Å². The predicted octanol–water partition coefficient (Wildman–Crippen LogP) is 2.57. The van der Waals surface area contributed by atoms with Crippen molar-refractivity contribution in [3.8, 4) is 0 Å². The van der Waals surface area contributed by atoms with E-state index < -0.39 is 5.41 Å². The van der Waals surface area contributed by atoms with Crippen LogP contribution in [0.2, 0.25) is 0 Å². The van der Waals surface area contributed by atoms with Gasteiger partial charge < -0.3 is 4.74 Å². The molecule has 0 radical (unpaired) electrons. The zero-order valence-electron chi connectivity index (χ0n) is 10.2. The minimum atomic E-state index is -0.652. The molecule has 2 aliphatic carbocycles. The molecule has 0 aromatic rings. The number of ketones is 1. The second-order valence-electron chi connectivity index (χ2n) is 4.66. The molecule has 92 valence electrons. The Balaban J connectivity index is 2.37. The summed E-state index contributed by atoms with van der Waals surface area (Å²) in [4.78, 5) is 23.6. The van der Waals surface area contributed by atoms with E-state index in [0.717, 1.165) is 37.7 Å². The van der Waals surface area contributed by atoms with Crippen LogP contribution in [0, 0.1) is 5.41 Å². The first-order chi connectivity index (χ1) is 8.19. The number of carbonyl (C=O) groups is 2. The molecule has 2 rings (SSSR count). The van der Waals surface area contributed by atoms with Gasteiger partial charge in [0.1, 0.15) is 5.41 Å². The fraction of sp³-hybridized carbons (Fsp3) is 0.571. The average Bonchev–Trinajstić information content (AvgIpc) is 2.52. The first-order valence-corrected chi connectivity index (χ1v) is 6.30. The molecule has 2 aliphatic rings. The van der Waals surface area contributed by atoms with Crippen LogP contribution < -0.4 is 0 Å². The van der Waals surface area contributed by atoms with Crippen molar-refractivity contribution >= 4 is 11.8 Å². The number of rotatable bonds is 2. The summed E-state index contributed by atoms with van der Waals surface area (Å²) in [6, 6.07) is 0. The highest BCUT2D eigenvalue weighted by atomic mass is 16.5. The van der Waals surface area contributed by atoms with Crippen molar-refractivity contribution in [2.24, 2.45) is 5.41 Å². The standard InChI is InChI=1S/C14H18O3/c1-2-17-13(16)14-8-5-3-4-6-11(14)10-12(15)7-9-14/h7,9-10H,2-6,8H2,1H3. The number of fused-ring (bicyclic) bond motifs is 1. The zero-order valence-corrected chi connectivity index (χ0v) is 10.2. The van der Waals surface area contributed by atoms with Crippen LogP contribution in [0.25, 0.3) is 0 Å². The number of carbonyl (C=O) groups excluding carboxylic acids is 2. The molecule has 17 heavy (non-hydrogen) atoms. The molecule has 1 saturated carbocycles. The van der Waals surface area contributed by atoms with Crippen LogP contribution in [0.3, 0.4) is 0 Å². The predicted molar refractivity (Wildman–Crippen MR) is 64.4 cm³/mol. The van der Waals surface area contributed by atoms with Crippen molar-refractivity contribution < 1.29 is 14.3 Å². The Morgan fingerprint density at radius 3 is 3.00 bits per heavy atom. The molecule has 0 N–H and O–H groups in total. The fourth-order valence-corrected chi connectivity index (χ4v) is 2.68. The number of hydrogen-bond acceptors (Lipinski definition) is 3. The summed E-state index contributed by atoms with van der Waals surface area (Å²) < 4.78 is 5.19. The minimum absolute atomic E-state index is 0.0122. The lowest BCUT2D eigenvalue weighted by atomic mass is 9.73. The van der Waals surface area contributed by atoms with Gasteiger partial charge in [0.05, 0.1) is 6.61 Å². The maximum atomic E-state index is 12.2. The fourth-order valence-electron chi connectivity index (χ4n) is 2.68. The molecule has 3 heteroatoms. The van der Waals surface area contributed by atoms with Crippen molar-refractivity contribution in [1.29, 1.82) is 0 Å². The van der Waals surface area contributed by atoms with E-state index in [2.05, 4.69) is 0 Å². The van der Waals surface area contributed by atoms with Gasteiger partial charge in [-0.2, -0.15) is 0 Å². The van der Waals surface area contributed by atoms with Gasteiger partial charge in [-0.05, 0) is 43.9 Å². The van der Waals surface area contributed by atoms with Crippen molar-refractivity contribution in [3.63, 3.8) is 0 Å². The lowest BCUT2D eigenvalue weighted by molar-refractivity contribution is -0.150. The van der Waals surface area contributed by atoms with Crippen LogP contribution >= 0.6 is 0 Å². The van der Waals surface area contributed by atoms with Crippen molar-refractivity contribution in [2.45, 2.75) is 39.0 Å². The smallest absolute Gasteiger partial charge is 0.320 e. The molecule has 0 heterocycles. The van der Waals surface area contributed by atoms with Gasteiger partial charge >= 0.3 is 5.97 Å². The first kappa shape index (κ1) is 12.1. The maximum Gasteiger partial charge on any atom is 0.320 e. The van der Waals surface area contributed by atoms with Gasteiger partial charge in [0.2, 0.25) is 0 Å². The van der Waals surface area contributed by atoms with Gasteiger partial charge in [0, 0.05) is 0 Å². The Labute approximate surface area is 102 Å². The van der Waals surface area contributed by atoms with Crippen LogP contribution in [0.5, 0.6) is 0 Å². The molecule has 1 atom stereocenters. The minimum Gasteiger partial charge on any atom is -0.465 e. The molecule has 0 aromatic heterocycles. The molecule has 0 amide bonds. The first-order valence-electron chi connectivity index (χ1n) is 6.30. The summed E-state index contributed by atoms with van der Waals surface area (Å²) in [5.41, 5.74) is 0.293. The normalized spacial score (nSPS) is 28.1. The molecular weight excluding hydrogens is 216 g/mol. The van der Waals surface area contributed by atoms with Gasteiger partial charge in [0.25, 0.3) is 0 Å². The summed E-state index contributed by atoms with van der Waals surface area (Å²) in [5, 5.41) is 0. The quantitative estimate of drug-likeness (QED) is 0.690. The zero-order chi connectivity index (χ0) is 12.3. The van der Waals surface area contributed by atoms with Gasteiger partial charge in [-0.25, -0.2) is 0 Å². The SMILES string of the molecule is CCOC(=O)C12C=CC(=O)C=C1CCCCC2. The van der Waals surface area contributed by atoms with E-state index in [1.54, 1.807) is 12.2 Å². The summed E-state index contributed by atoms with van der Waals surface area (Å²) in [5.74, 6) is -0.210. The monoisotopic (exact) mass is 234 g/mol. The Morgan fingerprint density at radius 1 is 1.41 bits per heavy atom. The van der Waals surface area contributed by atoms with E-state index in [0.29, 0.717) is 6.61 Å². The van der Waals surface area contributed by atoms with Crippen molar-refractivity contribution in [3.05, 3.63) is 23.8 Å². The Kier molecular flexibility index (Phi) is 3.46. The summed E-state index contributed by atoms with van der Waals surface area (Å²) >= 11 is 0. The van der Waals surface area contributed by atoms with Crippen molar-refractivity contribution in [2.75, 3.05) is 6.61 Å². The number of ether oxygens (including phenoxy) is 1. The number of allylic oxidation sites excluding steroid dienone is 2. The molecular formula is C14H18O3. The lowest BCUT2D eigenvalue weighted by Gasteiger charge is -2.31. The van der Waals surface area contributed by atoms with Crippen LogP contribution in [0.4, 0.5) is 0 Å². The second kappa shape index (κ2) is 4.86. The van der Waals surface area contributed by atoms with E-state index in [9.17, 15) is 9.59 Å². The number of esters is 1. The second-order valence-corrected chi connectivity index (χ2v) is 4.66. The maximum absolute atomic E-state index is 12.2. The molecule has 1 unspecified atom stereocenters. The summed E-state index contributed by atoms with van der Waals surface area (Å²) in [6.07, 6.45) is 9.65. The molecule has 0 saturated heterocycles. The highest BCUT2D eigenvalue weighted by Crippen LogP contribution is 2.43. The van der Waals surface area contributed by atoms with Crippen LogP contribution in [0.15, 0.2) is 23.8 Å². The Morgan fingerprint density at radius 2 is 2.24 bits per heavy atom. The third-order valence-electron chi connectivity index (χ3n) is 3.58. The molecule has 3 nitrogen and oxygen atoms in total. The van der Waals surface area contributed by atoms with E-state index in [4.69, 9.17) is 4.74 Å². The van der Waals surface area contributed by atoms with Crippen molar-refractivity contribution in [1.82, 2.24) is 0 Å². The summed E-state index contributed by atoms with van der Waals surface area (Å²) in [6.45, 7) is 2.20. The lowest BCUT2D eigenvalue weighted by Crippen LogP contribution is -2.34. The highest BCUT2D eigenvalue weighted by Gasteiger charge is 2.43. The van der Waals surface area contributed by atoms with Crippen LogP contribution in [-0.4, -0.2) is 18.4 Å². The average molecular weight is 234 g/mol. The molecule has 0 spiro atoms. The molecule has 0 aromatic carbocycles. The third kappa shape index (κ3) is 2.19. The topological polar surface area (TPSA) is 43.4 Å². The van der Waals surface area contributed by atoms with Gasteiger partial charge in [-0.1, -0.05) is 18.9 Å². The molecule has 1 fully saturated rings. The van der Waals surface area contributed by atoms with E-state index >= 15 is 0 Å². The van der Waals surface area contributed by atoms with E-state index in [1.165, 1.54) is 6.08 Å². The molecule has 0 aliphatic heterocycles. The van der Waals surface area contributed by atoms with Gasteiger partial charge in [-0.15, -0.1) is 0 Å². The van der Waals surface area contributed by atoms with Gasteiger partial charge in [-0.3, -0.25) is 9.59 Å². The molecule has 0 bridgehead atoms. The van der Waals surface area contributed by atoms with Crippen LogP contribution in [0.1, 0.15) is 39.0 Å². The number of hydrogen-bond donors (Lipinski definition) is 0. The Hall–Kier alpha value is -1.38. The highest BCUT2D eigenvalue weighted by molar-refractivity contribution is 6.03. The summed E-state index contributed by atoms with van der Waals surface area (Å²) in [7, 11) is 0. The Bertz CT molecular complexity index is 392. The van der Waals surface area contributed by atoms with Gasteiger partial charge in [0.15, 0.2) is 5.78 Å². The largest absolute Gasteiger partial charge is 0.465 e. The third-order valence-corrected chi connectivity index (χ3v) is 3.58. The van der Waals surface area contributed by atoms with E-state index in [-0.39, 0.29) is 11.8 Å².